The van der Waals surface area contributed by atoms with Gasteiger partial charge in [-0.15, -0.1) is 0 Å². The first-order valence-corrected chi connectivity index (χ1v) is 4.71. The Hall–Kier alpha value is -0.920. The Morgan fingerprint density at radius 3 is 2.77 bits per heavy atom. The number of hydrogen-bond acceptors (Lipinski definition) is 2. The average Bonchev–Trinajstić information content (AvgIpc) is 2.13. The molecule has 0 unspecified atom stereocenters. The zero-order chi connectivity index (χ0) is 9.90. The highest BCUT2D eigenvalue weighted by atomic mass is 16.1. The molecule has 0 aromatic carbocycles. The number of rotatable bonds is 3. The first-order chi connectivity index (χ1) is 6.15. The van der Waals surface area contributed by atoms with Crippen LogP contribution in [-0.4, -0.2) is 12.6 Å². The number of allylic oxidation sites excluding steroid dienone is 2. The molecule has 0 amide bonds. The second-order valence-corrected chi connectivity index (χ2v) is 4.06. The minimum absolute atomic E-state index is 0.0891. The van der Waals surface area contributed by atoms with E-state index < -0.39 is 0 Å². The van der Waals surface area contributed by atoms with E-state index in [1.54, 1.807) is 0 Å². The van der Waals surface area contributed by atoms with Gasteiger partial charge in [-0.2, -0.15) is 0 Å². The van der Waals surface area contributed by atoms with E-state index >= 15 is 0 Å². The third-order valence-corrected chi connectivity index (χ3v) is 3.32. The standard InChI is InChI=1S/C11H16O2/c1-9-4-3-5-10(6-7-12)11(9,2)8-13/h3,5,7-10H,4,6H2,1-2H3/t9-,10+,11+/m1/s1. The molecule has 2 heteroatoms. The summed E-state index contributed by atoms with van der Waals surface area (Å²) in [6.45, 7) is 4.01. The predicted molar refractivity (Wildman–Crippen MR) is 51.3 cm³/mol. The van der Waals surface area contributed by atoms with Crippen molar-refractivity contribution in [2.75, 3.05) is 0 Å². The van der Waals surface area contributed by atoms with Crippen LogP contribution in [0.1, 0.15) is 26.7 Å². The van der Waals surface area contributed by atoms with Gasteiger partial charge in [-0.25, -0.2) is 0 Å². The van der Waals surface area contributed by atoms with Gasteiger partial charge in [-0.3, -0.25) is 0 Å². The topological polar surface area (TPSA) is 34.1 Å². The predicted octanol–water partition coefficient (Wildman–Crippen LogP) is 1.99. The summed E-state index contributed by atoms with van der Waals surface area (Å²) in [4.78, 5) is 21.5. The lowest BCUT2D eigenvalue weighted by Crippen LogP contribution is -2.37. The second kappa shape index (κ2) is 3.86. The van der Waals surface area contributed by atoms with Crippen LogP contribution in [-0.2, 0) is 9.59 Å². The molecule has 2 nitrogen and oxygen atoms in total. The van der Waals surface area contributed by atoms with E-state index in [0.29, 0.717) is 12.3 Å². The molecule has 0 fully saturated rings. The summed E-state index contributed by atoms with van der Waals surface area (Å²) in [6.07, 6.45) is 7.37. The first kappa shape index (κ1) is 10.2. The molecule has 0 aliphatic heterocycles. The molecule has 0 N–H and O–H groups in total. The molecular weight excluding hydrogens is 164 g/mol. The Labute approximate surface area is 79.0 Å². The van der Waals surface area contributed by atoms with Gasteiger partial charge in [-0.1, -0.05) is 26.0 Å². The van der Waals surface area contributed by atoms with Crippen molar-refractivity contribution >= 4 is 12.6 Å². The molecule has 0 spiro atoms. The molecule has 1 rings (SSSR count). The number of carbonyl (C=O) groups excluding carboxylic acids is 2. The zero-order valence-corrected chi connectivity index (χ0v) is 8.19. The molecule has 0 saturated heterocycles. The minimum Gasteiger partial charge on any atom is -0.303 e. The van der Waals surface area contributed by atoms with Gasteiger partial charge in [0.2, 0.25) is 0 Å². The van der Waals surface area contributed by atoms with E-state index in [-0.39, 0.29) is 11.3 Å². The molecule has 0 aromatic heterocycles. The Balaban J connectivity index is 2.90. The van der Waals surface area contributed by atoms with E-state index in [9.17, 15) is 9.59 Å². The van der Waals surface area contributed by atoms with Crippen LogP contribution in [0.4, 0.5) is 0 Å². The van der Waals surface area contributed by atoms with Crippen molar-refractivity contribution in [1.82, 2.24) is 0 Å². The van der Waals surface area contributed by atoms with E-state index in [4.69, 9.17) is 0 Å². The van der Waals surface area contributed by atoms with Crippen molar-refractivity contribution in [2.24, 2.45) is 17.3 Å². The Morgan fingerprint density at radius 2 is 2.23 bits per heavy atom. The van der Waals surface area contributed by atoms with E-state index in [2.05, 4.69) is 13.0 Å². The van der Waals surface area contributed by atoms with Gasteiger partial charge in [0.1, 0.15) is 12.6 Å². The van der Waals surface area contributed by atoms with Crippen molar-refractivity contribution < 1.29 is 9.59 Å². The summed E-state index contributed by atoms with van der Waals surface area (Å²) in [6, 6.07) is 0. The lowest BCUT2D eigenvalue weighted by molar-refractivity contribution is -0.121. The zero-order valence-electron chi connectivity index (χ0n) is 8.19. The average molecular weight is 180 g/mol. The van der Waals surface area contributed by atoms with Crippen molar-refractivity contribution in [3.8, 4) is 0 Å². The molecule has 0 saturated carbocycles. The van der Waals surface area contributed by atoms with Crippen LogP contribution in [0, 0.1) is 17.3 Å². The van der Waals surface area contributed by atoms with Gasteiger partial charge in [0.25, 0.3) is 0 Å². The third kappa shape index (κ3) is 1.71. The fraction of sp³-hybridized carbons (Fsp3) is 0.636. The summed E-state index contributed by atoms with van der Waals surface area (Å²) >= 11 is 0. The van der Waals surface area contributed by atoms with Crippen LogP contribution < -0.4 is 0 Å². The first-order valence-electron chi connectivity index (χ1n) is 4.71. The summed E-state index contributed by atoms with van der Waals surface area (Å²) in [5.41, 5.74) is -0.352. The van der Waals surface area contributed by atoms with Gasteiger partial charge < -0.3 is 9.59 Å². The van der Waals surface area contributed by atoms with Gasteiger partial charge in [0, 0.05) is 11.8 Å². The molecule has 0 bridgehead atoms. The van der Waals surface area contributed by atoms with E-state index in [1.165, 1.54) is 0 Å². The largest absolute Gasteiger partial charge is 0.303 e. The quantitative estimate of drug-likeness (QED) is 0.491. The van der Waals surface area contributed by atoms with Crippen molar-refractivity contribution in [3.05, 3.63) is 12.2 Å². The lowest BCUT2D eigenvalue weighted by Gasteiger charge is -2.38. The highest BCUT2D eigenvalue weighted by molar-refractivity contribution is 5.63. The lowest BCUT2D eigenvalue weighted by atomic mass is 9.64. The molecule has 1 aliphatic rings. The molecule has 72 valence electrons. The van der Waals surface area contributed by atoms with Gasteiger partial charge >= 0.3 is 0 Å². The van der Waals surface area contributed by atoms with Gasteiger partial charge in [0.15, 0.2) is 0 Å². The fourth-order valence-corrected chi connectivity index (χ4v) is 1.91. The van der Waals surface area contributed by atoms with Crippen LogP contribution in [0.2, 0.25) is 0 Å². The molecule has 13 heavy (non-hydrogen) atoms. The highest BCUT2D eigenvalue weighted by Crippen LogP contribution is 2.41. The Kier molecular flexibility index (Phi) is 3.02. The Bertz CT molecular complexity index is 232. The maximum atomic E-state index is 11.0. The Morgan fingerprint density at radius 1 is 1.54 bits per heavy atom. The second-order valence-electron chi connectivity index (χ2n) is 4.06. The maximum absolute atomic E-state index is 11.0. The fourth-order valence-electron chi connectivity index (χ4n) is 1.91. The van der Waals surface area contributed by atoms with Crippen LogP contribution in [0.5, 0.6) is 0 Å². The number of hydrogen-bond donors (Lipinski definition) is 0. The summed E-state index contributed by atoms with van der Waals surface area (Å²) in [5, 5.41) is 0. The van der Waals surface area contributed by atoms with Crippen LogP contribution in [0.25, 0.3) is 0 Å². The normalized spacial score (nSPS) is 38.6. The van der Waals surface area contributed by atoms with Crippen molar-refractivity contribution in [2.45, 2.75) is 26.7 Å². The molecular formula is C11H16O2. The SMILES string of the molecule is C[C@@H]1CC=C[C@@H](CC=O)[C@@]1(C)C=O. The smallest absolute Gasteiger partial charge is 0.126 e. The van der Waals surface area contributed by atoms with E-state index in [1.807, 2.05) is 13.0 Å². The monoisotopic (exact) mass is 180 g/mol. The summed E-state index contributed by atoms with van der Waals surface area (Å²) < 4.78 is 0. The number of aldehydes is 2. The molecule has 1 aliphatic carbocycles. The van der Waals surface area contributed by atoms with Crippen molar-refractivity contribution in [3.63, 3.8) is 0 Å². The maximum Gasteiger partial charge on any atom is 0.126 e. The van der Waals surface area contributed by atoms with Gasteiger partial charge in [-0.05, 0) is 18.3 Å². The molecule has 3 atom stereocenters. The van der Waals surface area contributed by atoms with E-state index in [0.717, 1.165) is 19.0 Å². The molecule has 0 heterocycles. The summed E-state index contributed by atoms with van der Waals surface area (Å²) in [5.74, 6) is 0.422. The molecule has 0 aromatic rings. The van der Waals surface area contributed by atoms with Crippen LogP contribution >= 0.6 is 0 Å². The summed E-state index contributed by atoms with van der Waals surface area (Å²) in [7, 11) is 0. The number of carbonyl (C=O) groups is 2. The van der Waals surface area contributed by atoms with Crippen LogP contribution in [0.3, 0.4) is 0 Å². The van der Waals surface area contributed by atoms with Gasteiger partial charge in [0.05, 0.1) is 0 Å². The minimum atomic E-state index is -0.352. The molecule has 0 radical (unpaired) electrons. The highest BCUT2D eigenvalue weighted by Gasteiger charge is 2.38. The van der Waals surface area contributed by atoms with Crippen molar-refractivity contribution in [1.29, 1.82) is 0 Å². The third-order valence-electron chi connectivity index (χ3n) is 3.32. The van der Waals surface area contributed by atoms with Crippen LogP contribution in [0.15, 0.2) is 12.2 Å².